The normalized spacial score (nSPS) is 29.9. The van der Waals surface area contributed by atoms with Crippen molar-refractivity contribution in [2.24, 2.45) is 0 Å². The summed E-state index contributed by atoms with van der Waals surface area (Å²) in [7, 11) is 0. The maximum atomic E-state index is 11.6. The zero-order chi connectivity index (χ0) is 20.9. The Hall–Kier alpha value is -2.69. The second kappa shape index (κ2) is 9.31. The van der Waals surface area contributed by atoms with Gasteiger partial charge in [-0.3, -0.25) is 24.0 Å². The molecular weight excluding hydrogens is 364 g/mol. The van der Waals surface area contributed by atoms with Gasteiger partial charge in [-0.2, -0.15) is 0 Å². The van der Waals surface area contributed by atoms with Crippen LogP contribution in [0.3, 0.4) is 0 Å². The van der Waals surface area contributed by atoms with E-state index in [4.69, 9.17) is 14.2 Å². The van der Waals surface area contributed by atoms with Gasteiger partial charge in [-0.25, -0.2) is 0 Å². The maximum Gasteiger partial charge on any atom is 0.303 e. The molecular formula is C16H24N2O9. The van der Waals surface area contributed by atoms with Crippen molar-refractivity contribution in [2.75, 3.05) is 0 Å². The Kier molecular flexibility index (Phi) is 7.70. The predicted molar refractivity (Wildman–Crippen MR) is 87.9 cm³/mol. The summed E-state index contributed by atoms with van der Waals surface area (Å²) in [6, 6.07) is -2.47. The highest BCUT2D eigenvalue weighted by atomic mass is 16.6. The van der Waals surface area contributed by atoms with Gasteiger partial charge < -0.3 is 30.0 Å². The summed E-state index contributed by atoms with van der Waals surface area (Å²) in [5.41, 5.74) is 0. The third kappa shape index (κ3) is 6.20. The molecule has 2 amide bonds. The Morgan fingerprint density at radius 1 is 0.630 bits per heavy atom. The number of nitrogens with one attached hydrogen (secondary N) is 2. The number of ether oxygens (including phenoxy) is 3. The molecule has 1 saturated carbocycles. The largest absolute Gasteiger partial charge is 0.456 e. The molecule has 0 spiro atoms. The van der Waals surface area contributed by atoms with Gasteiger partial charge >= 0.3 is 17.9 Å². The van der Waals surface area contributed by atoms with Crippen molar-refractivity contribution < 1.29 is 43.3 Å². The Morgan fingerprint density at radius 2 is 0.926 bits per heavy atom. The molecule has 1 aliphatic rings. The molecule has 27 heavy (non-hydrogen) atoms. The molecule has 0 radical (unpaired) electrons. The number of hydrogen-bond donors (Lipinski definition) is 3. The number of rotatable bonds is 5. The molecule has 1 rings (SSSR count). The minimum atomic E-state index is -1.52. The summed E-state index contributed by atoms with van der Waals surface area (Å²) >= 11 is 0. The number of hydrogen-bond acceptors (Lipinski definition) is 9. The average Bonchev–Trinajstić information content (AvgIpc) is 2.49. The summed E-state index contributed by atoms with van der Waals surface area (Å²) in [6.45, 7) is 5.60. The first kappa shape index (κ1) is 22.4. The number of carbonyl (C=O) groups is 5. The van der Waals surface area contributed by atoms with Gasteiger partial charge in [0, 0.05) is 34.6 Å². The Morgan fingerprint density at radius 3 is 1.19 bits per heavy atom. The van der Waals surface area contributed by atoms with Gasteiger partial charge in [0.25, 0.3) is 0 Å². The molecule has 11 heteroatoms. The molecule has 0 aromatic rings. The van der Waals surface area contributed by atoms with E-state index in [1.807, 2.05) is 0 Å². The highest BCUT2D eigenvalue weighted by Crippen LogP contribution is 2.29. The molecule has 0 aromatic carbocycles. The van der Waals surface area contributed by atoms with Crippen LogP contribution < -0.4 is 10.6 Å². The fraction of sp³-hybridized carbons (Fsp3) is 0.688. The van der Waals surface area contributed by atoms with Crippen LogP contribution in [0.1, 0.15) is 34.6 Å². The second-order valence-electron chi connectivity index (χ2n) is 6.17. The Labute approximate surface area is 155 Å². The van der Waals surface area contributed by atoms with Crippen LogP contribution in [-0.2, 0) is 38.2 Å². The highest BCUT2D eigenvalue weighted by Gasteiger charge is 2.56. The van der Waals surface area contributed by atoms with Crippen LogP contribution >= 0.6 is 0 Å². The van der Waals surface area contributed by atoms with E-state index in [1.165, 1.54) is 13.8 Å². The van der Waals surface area contributed by atoms with E-state index in [9.17, 15) is 29.1 Å². The van der Waals surface area contributed by atoms with Crippen LogP contribution in [0.25, 0.3) is 0 Å². The van der Waals surface area contributed by atoms with E-state index in [2.05, 4.69) is 10.6 Å². The van der Waals surface area contributed by atoms with E-state index >= 15 is 0 Å². The van der Waals surface area contributed by atoms with E-state index < -0.39 is 66.2 Å². The van der Waals surface area contributed by atoms with Gasteiger partial charge in [-0.05, 0) is 0 Å². The van der Waals surface area contributed by atoms with Crippen LogP contribution in [0.15, 0.2) is 0 Å². The molecule has 1 aliphatic carbocycles. The monoisotopic (exact) mass is 388 g/mol. The number of esters is 3. The first-order chi connectivity index (χ1) is 12.4. The average molecular weight is 388 g/mol. The molecule has 0 saturated heterocycles. The molecule has 11 nitrogen and oxygen atoms in total. The minimum absolute atomic E-state index is 0.565. The zero-order valence-electron chi connectivity index (χ0n) is 15.7. The number of aliphatic hydroxyl groups excluding tert-OH is 1. The summed E-state index contributed by atoms with van der Waals surface area (Å²) in [6.07, 6.45) is -5.62. The van der Waals surface area contributed by atoms with E-state index in [-0.39, 0.29) is 0 Å². The molecule has 0 aromatic heterocycles. The van der Waals surface area contributed by atoms with Gasteiger partial charge in [0.15, 0.2) is 18.3 Å². The van der Waals surface area contributed by atoms with Crippen molar-refractivity contribution in [3.63, 3.8) is 0 Å². The van der Waals surface area contributed by atoms with Gasteiger partial charge in [0.1, 0.15) is 6.10 Å². The van der Waals surface area contributed by atoms with Crippen LogP contribution in [0, 0.1) is 0 Å². The lowest BCUT2D eigenvalue weighted by Crippen LogP contribution is -2.73. The minimum Gasteiger partial charge on any atom is -0.456 e. The fourth-order valence-corrected chi connectivity index (χ4v) is 3.00. The highest BCUT2D eigenvalue weighted by molar-refractivity contribution is 5.75. The number of carbonyl (C=O) groups excluding carboxylic acids is 5. The molecule has 6 atom stereocenters. The topological polar surface area (TPSA) is 157 Å². The van der Waals surface area contributed by atoms with E-state index in [0.717, 1.165) is 20.8 Å². The van der Waals surface area contributed by atoms with Crippen LogP contribution in [0.2, 0.25) is 0 Å². The third-order valence-electron chi connectivity index (χ3n) is 3.74. The molecule has 2 unspecified atom stereocenters. The van der Waals surface area contributed by atoms with Gasteiger partial charge in [0.05, 0.1) is 12.1 Å². The second-order valence-corrected chi connectivity index (χ2v) is 6.17. The fourth-order valence-electron chi connectivity index (χ4n) is 3.00. The van der Waals surface area contributed by atoms with Crippen molar-refractivity contribution >= 4 is 29.7 Å². The summed E-state index contributed by atoms with van der Waals surface area (Å²) in [5, 5.41) is 15.5. The lowest BCUT2D eigenvalue weighted by atomic mass is 9.80. The quantitative estimate of drug-likeness (QED) is 0.364. The van der Waals surface area contributed by atoms with Crippen LogP contribution in [0.4, 0.5) is 0 Å². The van der Waals surface area contributed by atoms with Crippen molar-refractivity contribution in [3.8, 4) is 0 Å². The molecule has 0 heterocycles. The summed E-state index contributed by atoms with van der Waals surface area (Å²) < 4.78 is 15.5. The number of aliphatic hydroxyl groups is 1. The molecule has 0 aliphatic heterocycles. The third-order valence-corrected chi connectivity index (χ3v) is 3.74. The van der Waals surface area contributed by atoms with Crippen LogP contribution in [0.5, 0.6) is 0 Å². The van der Waals surface area contributed by atoms with Gasteiger partial charge in [-0.15, -0.1) is 0 Å². The van der Waals surface area contributed by atoms with Gasteiger partial charge in [0.2, 0.25) is 11.8 Å². The zero-order valence-corrected chi connectivity index (χ0v) is 15.7. The molecule has 3 N–H and O–H groups in total. The summed E-state index contributed by atoms with van der Waals surface area (Å²) in [5.74, 6) is -3.47. The van der Waals surface area contributed by atoms with E-state index in [0.29, 0.717) is 0 Å². The van der Waals surface area contributed by atoms with Crippen molar-refractivity contribution in [1.82, 2.24) is 10.6 Å². The van der Waals surface area contributed by atoms with Crippen molar-refractivity contribution in [1.29, 1.82) is 0 Å². The standard InChI is InChI=1S/C16H24N2O9/c1-6(19)17-11-13(24)12(18-7(2)20)15(26-9(4)22)16(27-10(5)23)14(11)25-8(3)21/h11-16,24H,1-5H3,(H,17,19)(H,18,20)/t11-,12+,13?,14+,15-,16?. The van der Waals surface area contributed by atoms with E-state index in [1.54, 1.807) is 0 Å². The first-order valence-corrected chi connectivity index (χ1v) is 8.18. The summed E-state index contributed by atoms with van der Waals surface area (Å²) in [4.78, 5) is 57.8. The SMILES string of the molecule is CC(=O)N[C@@H]1C(O)[C@H](NC(C)=O)[C@@H](OC(C)=O)C(OC(C)=O)[C@H]1OC(C)=O. The Balaban J connectivity index is 3.46. The lowest BCUT2D eigenvalue weighted by Gasteiger charge is -2.47. The predicted octanol–water partition coefficient (Wildman–Crippen LogP) is -1.83. The maximum absolute atomic E-state index is 11.6. The molecule has 0 bridgehead atoms. The number of amides is 2. The molecule has 152 valence electrons. The Bertz CT molecular complexity index is 577. The first-order valence-electron chi connectivity index (χ1n) is 8.18. The lowest BCUT2D eigenvalue weighted by molar-refractivity contribution is -0.208. The van der Waals surface area contributed by atoms with Crippen molar-refractivity contribution in [3.05, 3.63) is 0 Å². The van der Waals surface area contributed by atoms with Crippen LogP contribution in [-0.4, -0.2) is 71.3 Å². The molecule has 1 fully saturated rings. The van der Waals surface area contributed by atoms with Crippen molar-refractivity contribution in [2.45, 2.75) is 71.1 Å². The van der Waals surface area contributed by atoms with Gasteiger partial charge in [-0.1, -0.05) is 0 Å². The smallest absolute Gasteiger partial charge is 0.303 e.